The van der Waals surface area contributed by atoms with E-state index in [0.717, 1.165) is 11.3 Å². The van der Waals surface area contributed by atoms with Crippen LogP contribution in [-0.2, 0) is 0 Å². The van der Waals surface area contributed by atoms with Crippen molar-refractivity contribution in [3.05, 3.63) is 52.9 Å². The largest absolute Gasteiger partial charge is 0.394 e. The third-order valence-electron chi connectivity index (χ3n) is 3.82. The Labute approximate surface area is 155 Å². The van der Waals surface area contributed by atoms with Crippen LogP contribution in [0.2, 0.25) is 5.02 Å². The average molecular weight is 372 g/mol. The van der Waals surface area contributed by atoms with E-state index in [-0.39, 0.29) is 24.2 Å². The minimum absolute atomic E-state index is 0.158. The van der Waals surface area contributed by atoms with Crippen molar-refractivity contribution in [2.45, 2.75) is 19.9 Å². The molecule has 1 amide bonds. The molecule has 7 nitrogen and oxygen atoms in total. The fourth-order valence-electron chi connectivity index (χ4n) is 2.38. The van der Waals surface area contributed by atoms with Gasteiger partial charge in [0.05, 0.1) is 23.6 Å². The molecule has 8 heteroatoms. The van der Waals surface area contributed by atoms with Crippen molar-refractivity contribution in [3.63, 3.8) is 0 Å². The fraction of sp³-hybridized carbons (Fsp3) is 0.222. The van der Waals surface area contributed by atoms with E-state index in [0.29, 0.717) is 22.1 Å². The second-order valence-electron chi connectivity index (χ2n) is 5.91. The maximum Gasteiger partial charge on any atom is 0.270 e. The first-order valence-corrected chi connectivity index (χ1v) is 8.43. The smallest absolute Gasteiger partial charge is 0.270 e. The van der Waals surface area contributed by atoms with E-state index in [1.54, 1.807) is 31.3 Å². The summed E-state index contributed by atoms with van der Waals surface area (Å²) >= 11 is 5.95. The Balaban J connectivity index is 2.09. The monoisotopic (exact) mass is 371 g/mol. The molecule has 2 heterocycles. The van der Waals surface area contributed by atoms with E-state index in [2.05, 4.69) is 25.5 Å². The van der Waals surface area contributed by atoms with E-state index in [4.69, 9.17) is 16.7 Å². The zero-order valence-electron chi connectivity index (χ0n) is 14.3. The van der Waals surface area contributed by atoms with Crippen molar-refractivity contribution in [1.29, 1.82) is 0 Å². The van der Waals surface area contributed by atoms with Gasteiger partial charge in [-0.2, -0.15) is 5.10 Å². The number of aliphatic hydroxyl groups is 1. The number of halogens is 1. The van der Waals surface area contributed by atoms with Crippen molar-refractivity contribution in [2.24, 2.45) is 0 Å². The normalized spacial score (nSPS) is 12.0. The first kappa shape index (κ1) is 18.0. The maximum absolute atomic E-state index is 12.5. The van der Waals surface area contributed by atoms with Crippen LogP contribution in [0.15, 0.2) is 36.5 Å². The number of amides is 1. The molecule has 0 spiro atoms. The molecule has 3 aromatic rings. The van der Waals surface area contributed by atoms with Crippen molar-refractivity contribution < 1.29 is 9.90 Å². The van der Waals surface area contributed by atoms with E-state index in [1.807, 2.05) is 19.1 Å². The summed E-state index contributed by atoms with van der Waals surface area (Å²) in [7, 11) is 0. The summed E-state index contributed by atoms with van der Waals surface area (Å²) in [5.74, 6) is 0.0112. The summed E-state index contributed by atoms with van der Waals surface area (Å²) in [6.45, 7) is 3.38. The molecule has 0 fully saturated rings. The van der Waals surface area contributed by atoms with Gasteiger partial charge in [-0.05, 0) is 32.0 Å². The van der Waals surface area contributed by atoms with Gasteiger partial charge >= 0.3 is 0 Å². The predicted molar refractivity (Wildman–Crippen MR) is 98.8 cm³/mol. The number of rotatable bonds is 5. The molecule has 26 heavy (non-hydrogen) atoms. The Morgan fingerprint density at radius 3 is 2.65 bits per heavy atom. The highest BCUT2D eigenvalue weighted by atomic mass is 35.5. The van der Waals surface area contributed by atoms with Crippen molar-refractivity contribution in [2.75, 3.05) is 6.61 Å². The molecular weight excluding hydrogens is 354 g/mol. The predicted octanol–water partition coefficient (Wildman–Crippen LogP) is 2.61. The van der Waals surface area contributed by atoms with Gasteiger partial charge in [0.2, 0.25) is 0 Å². The molecule has 0 bridgehead atoms. The van der Waals surface area contributed by atoms with Crippen LogP contribution >= 0.6 is 11.6 Å². The van der Waals surface area contributed by atoms with Crippen LogP contribution in [0.5, 0.6) is 0 Å². The quantitative estimate of drug-likeness (QED) is 0.639. The molecular formula is C18H18ClN5O2. The molecule has 1 atom stereocenters. The number of benzene rings is 1. The Bertz CT molecular complexity index is 924. The van der Waals surface area contributed by atoms with Crippen LogP contribution in [0.3, 0.4) is 0 Å². The van der Waals surface area contributed by atoms with Gasteiger partial charge in [0, 0.05) is 22.8 Å². The summed E-state index contributed by atoms with van der Waals surface area (Å²) in [4.78, 5) is 21.5. The summed E-state index contributed by atoms with van der Waals surface area (Å²) in [5.41, 5.74) is 3.05. The minimum Gasteiger partial charge on any atom is -0.394 e. The molecule has 0 saturated heterocycles. The molecule has 0 aliphatic heterocycles. The average Bonchev–Trinajstić information content (AvgIpc) is 3.07. The standard InChI is InChI=1S/C18H18ClN5O2/c1-10(9-25)21-18(26)16-7-15(12-3-5-13(19)6-4-12)22-17(23-16)14-8-20-24-11(14)2/h3-8,10,25H,9H2,1-2H3,(H,20,24)(H,21,26). The topological polar surface area (TPSA) is 104 Å². The minimum atomic E-state index is -0.383. The molecule has 1 aromatic carbocycles. The number of H-pyrrole nitrogens is 1. The van der Waals surface area contributed by atoms with Gasteiger partial charge in [0.25, 0.3) is 5.91 Å². The highest BCUT2D eigenvalue weighted by Gasteiger charge is 2.17. The molecule has 0 aliphatic carbocycles. The molecule has 0 saturated carbocycles. The van der Waals surface area contributed by atoms with Gasteiger partial charge in [-0.15, -0.1) is 0 Å². The van der Waals surface area contributed by atoms with Gasteiger partial charge in [0.1, 0.15) is 5.69 Å². The van der Waals surface area contributed by atoms with Crippen LogP contribution < -0.4 is 5.32 Å². The lowest BCUT2D eigenvalue weighted by Gasteiger charge is -2.12. The fourth-order valence-corrected chi connectivity index (χ4v) is 2.51. The van der Waals surface area contributed by atoms with Crippen LogP contribution in [0, 0.1) is 6.92 Å². The summed E-state index contributed by atoms with van der Waals surface area (Å²) in [6.07, 6.45) is 1.69. The molecule has 3 rings (SSSR count). The lowest BCUT2D eigenvalue weighted by molar-refractivity contribution is 0.0917. The van der Waals surface area contributed by atoms with Gasteiger partial charge < -0.3 is 10.4 Å². The number of aliphatic hydroxyl groups excluding tert-OH is 1. The number of carbonyl (C=O) groups is 1. The molecule has 0 aliphatic rings. The summed E-state index contributed by atoms with van der Waals surface area (Å²) < 4.78 is 0. The summed E-state index contributed by atoms with van der Waals surface area (Å²) in [5, 5.41) is 19.3. The van der Waals surface area contributed by atoms with E-state index in [1.165, 1.54) is 0 Å². The van der Waals surface area contributed by atoms with Crippen LogP contribution in [0.25, 0.3) is 22.6 Å². The molecule has 2 aromatic heterocycles. The SMILES string of the molecule is Cc1n[nH]cc1-c1nc(C(=O)NC(C)CO)cc(-c2ccc(Cl)cc2)n1. The highest BCUT2D eigenvalue weighted by Crippen LogP contribution is 2.25. The number of carbonyl (C=O) groups excluding carboxylic acids is 1. The number of hydrogen-bond acceptors (Lipinski definition) is 5. The summed E-state index contributed by atoms with van der Waals surface area (Å²) in [6, 6.07) is 8.41. The number of hydrogen-bond donors (Lipinski definition) is 3. The zero-order chi connectivity index (χ0) is 18.7. The van der Waals surface area contributed by atoms with Crippen molar-refractivity contribution >= 4 is 17.5 Å². The Kier molecular flexibility index (Phi) is 5.29. The van der Waals surface area contributed by atoms with Crippen molar-refractivity contribution in [3.8, 4) is 22.6 Å². The van der Waals surface area contributed by atoms with Crippen LogP contribution in [-0.4, -0.2) is 43.8 Å². The maximum atomic E-state index is 12.5. The molecule has 1 unspecified atom stereocenters. The van der Waals surface area contributed by atoms with Gasteiger partial charge in [-0.1, -0.05) is 23.7 Å². The Hall–Kier alpha value is -2.77. The lowest BCUT2D eigenvalue weighted by atomic mass is 10.1. The highest BCUT2D eigenvalue weighted by molar-refractivity contribution is 6.30. The number of nitrogens with one attached hydrogen (secondary N) is 2. The number of aromatic amines is 1. The number of aryl methyl sites for hydroxylation is 1. The number of nitrogens with zero attached hydrogens (tertiary/aromatic N) is 3. The second-order valence-corrected chi connectivity index (χ2v) is 6.35. The zero-order valence-corrected chi connectivity index (χ0v) is 15.1. The number of aromatic nitrogens is 4. The van der Waals surface area contributed by atoms with E-state index in [9.17, 15) is 4.79 Å². The van der Waals surface area contributed by atoms with E-state index < -0.39 is 0 Å². The van der Waals surface area contributed by atoms with Gasteiger partial charge in [0.15, 0.2) is 5.82 Å². The molecule has 0 radical (unpaired) electrons. The Morgan fingerprint density at radius 2 is 2.04 bits per heavy atom. The Morgan fingerprint density at radius 1 is 1.31 bits per heavy atom. The van der Waals surface area contributed by atoms with Gasteiger partial charge in [-0.25, -0.2) is 9.97 Å². The molecule has 134 valence electrons. The second kappa shape index (κ2) is 7.63. The van der Waals surface area contributed by atoms with Gasteiger partial charge in [-0.3, -0.25) is 9.89 Å². The third-order valence-corrected chi connectivity index (χ3v) is 4.07. The van der Waals surface area contributed by atoms with Crippen molar-refractivity contribution in [1.82, 2.24) is 25.5 Å². The lowest BCUT2D eigenvalue weighted by Crippen LogP contribution is -2.35. The van der Waals surface area contributed by atoms with Crippen LogP contribution in [0.4, 0.5) is 0 Å². The molecule has 3 N–H and O–H groups in total. The third kappa shape index (κ3) is 3.89. The first-order chi connectivity index (χ1) is 12.5. The van der Waals surface area contributed by atoms with Crippen LogP contribution in [0.1, 0.15) is 23.1 Å². The van der Waals surface area contributed by atoms with E-state index >= 15 is 0 Å². The first-order valence-electron chi connectivity index (χ1n) is 8.05.